The van der Waals surface area contributed by atoms with E-state index in [1.54, 1.807) is 31.3 Å². The molecule has 0 aliphatic carbocycles. The highest BCUT2D eigenvalue weighted by atomic mass is 35.5. The molecule has 2 atom stereocenters. The average molecular weight is 540 g/mol. The van der Waals surface area contributed by atoms with Crippen LogP contribution in [0.25, 0.3) is 22.3 Å². The molecule has 4 rings (SSSR count). The van der Waals surface area contributed by atoms with Gasteiger partial charge in [0.2, 0.25) is 0 Å². The second-order valence-corrected chi connectivity index (χ2v) is 9.07. The van der Waals surface area contributed by atoms with Gasteiger partial charge in [-0.2, -0.15) is 13.2 Å². The summed E-state index contributed by atoms with van der Waals surface area (Å²) in [5.41, 5.74) is -0.818. The van der Waals surface area contributed by atoms with Crippen LogP contribution in [0.3, 0.4) is 0 Å². The van der Waals surface area contributed by atoms with Gasteiger partial charge in [0.25, 0.3) is 0 Å². The number of hydrogen-bond donors (Lipinski definition) is 1. The smallest absolute Gasteiger partial charge is 0.491 e. The number of carbonyl (C=O) groups excluding carboxylic acids is 2. The fourth-order valence-electron chi connectivity index (χ4n) is 4.43. The molecule has 0 spiro atoms. The van der Waals surface area contributed by atoms with Crippen molar-refractivity contribution in [3.63, 3.8) is 0 Å². The topological polar surface area (TPSA) is 106 Å². The number of nitrogens with zero attached hydrogens (tertiary/aromatic N) is 1. The molecule has 1 fully saturated rings. The summed E-state index contributed by atoms with van der Waals surface area (Å²) in [5, 5.41) is 10.5. The Morgan fingerprint density at radius 3 is 2.57 bits per heavy atom. The standard InChI is InChI=1S/C25H21ClF3NO7/c1-12(31)35-20-11-30(2)8-7-14(20)21-19(37-24(34)25(27,28)29)10-17(33)22-16(32)9-18(36-23(21)22)13-5-3-4-6-15(13)26/h3-6,9-10,14,20,33H,7-8,11H2,1-2H3/t14-,20+/m0/s1. The van der Waals surface area contributed by atoms with E-state index in [2.05, 4.69) is 4.74 Å². The van der Waals surface area contributed by atoms with Crippen LogP contribution in [-0.2, 0) is 14.3 Å². The molecule has 1 N–H and O–H groups in total. The molecule has 0 radical (unpaired) electrons. The lowest BCUT2D eigenvalue weighted by molar-refractivity contribution is -0.189. The molecule has 3 aromatic rings. The number of carbonyl (C=O) groups is 2. The van der Waals surface area contributed by atoms with E-state index in [4.69, 9.17) is 20.8 Å². The average Bonchev–Trinajstić information content (AvgIpc) is 2.79. The Morgan fingerprint density at radius 2 is 1.92 bits per heavy atom. The summed E-state index contributed by atoms with van der Waals surface area (Å²) < 4.78 is 55.5. The lowest BCUT2D eigenvalue weighted by Crippen LogP contribution is -2.43. The number of benzene rings is 2. The number of phenolic OH excluding ortho intramolecular Hbond substituents is 1. The first-order valence-electron chi connectivity index (χ1n) is 11.1. The predicted molar refractivity (Wildman–Crippen MR) is 127 cm³/mol. The number of alkyl halides is 3. The van der Waals surface area contributed by atoms with E-state index in [0.717, 1.165) is 12.1 Å². The van der Waals surface area contributed by atoms with Gasteiger partial charge in [0.1, 0.15) is 34.3 Å². The second kappa shape index (κ2) is 10.1. The highest BCUT2D eigenvalue weighted by molar-refractivity contribution is 6.33. The van der Waals surface area contributed by atoms with E-state index < -0.39 is 47.1 Å². The zero-order valence-corrected chi connectivity index (χ0v) is 20.4. The maximum absolute atomic E-state index is 13.1. The van der Waals surface area contributed by atoms with E-state index in [-0.39, 0.29) is 40.3 Å². The van der Waals surface area contributed by atoms with Crippen LogP contribution >= 0.6 is 11.6 Å². The maximum Gasteiger partial charge on any atom is 0.491 e. The zero-order valence-electron chi connectivity index (χ0n) is 19.6. The number of halogens is 4. The molecule has 0 amide bonds. The summed E-state index contributed by atoms with van der Waals surface area (Å²) in [6.07, 6.45) is -5.99. The third kappa shape index (κ3) is 5.42. The molecule has 0 unspecified atom stereocenters. The largest absolute Gasteiger partial charge is 0.507 e. The minimum absolute atomic E-state index is 0.0278. The quantitative estimate of drug-likeness (QED) is 0.378. The Balaban J connectivity index is 2.03. The summed E-state index contributed by atoms with van der Waals surface area (Å²) in [7, 11) is 1.77. The molecule has 1 aromatic heterocycles. The van der Waals surface area contributed by atoms with Crippen molar-refractivity contribution in [1.29, 1.82) is 0 Å². The third-order valence-electron chi connectivity index (χ3n) is 6.01. The molecule has 8 nitrogen and oxygen atoms in total. The van der Waals surface area contributed by atoms with Crippen LogP contribution in [0.5, 0.6) is 11.5 Å². The molecule has 2 heterocycles. The lowest BCUT2D eigenvalue weighted by atomic mass is 9.85. The van der Waals surface area contributed by atoms with Crippen molar-refractivity contribution < 1.29 is 41.8 Å². The number of likely N-dealkylation sites (tertiary alicyclic amines) is 1. The fourth-order valence-corrected chi connectivity index (χ4v) is 4.66. The highest BCUT2D eigenvalue weighted by Crippen LogP contribution is 2.44. The van der Waals surface area contributed by atoms with Gasteiger partial charge in [-0.05, 0) is 32.1 Å². The molecule has 2 aromatic carbocycles. The third-order valence-corrected chi connectivity index (χ3v) is 6.34. The Kier molecular flexibility index (Phi) is 7.20. The number of rotatable bonds is 4. The van der Waals surface area contributed by atoms with Gasteiger partial charge in [-0.1, -0.05) is 23.7 Å². The molecule has 12 heteroatoms. The van der Waals surface area contributed by atoms with Crippen LogP contribution < -0.4 is 10.2 Å². The van der Waals surface area contributed by atoms with E-state index >= 15 is 0 Å². The summed E-state index contributed by atoms with van der Waals surface area (Å²) in [6.45, 7) is 1.82. The molecule has 1 saturated heterocycles. The van der Waals surface area contributed by atoms with Crippen molar-refractivity contribution in [1.82, 2.24) is 4.90 Å². The highest BCUT2D eigenvalue weighted by Gasteiger charge is 2.43. The summed E-state index contributed by atoms with van der Waals surface area (Å²) >= 11 is 6.26. The van der Waals surface area contributed by atoms with Crippen molar-refractivity contribution in [3.05, 3.63) is 57.2 Å². The van der Waals surface area contributed by atoms with Gasteiger partial charge < -0.3 is 23.9 Å². The van der Waals surface area contributed by atoms with E-state index in [9.17, 15) is 32.7 Å². The first-order valence-corrected chi connectivity index (χ1v) is 11.5. The monoisotopic (exact) mass is 539 g/mol. The van der Waals surface area contributed by atoms with Crippen LogP contribution in [0, 0.1) is 0 Å². The van der Waals surface area contributed by atoms with Gasteiger partial charge in [-0.25, -0.2) is 4.79 Å². The minimum atomic E-state index is -5.34. The minimum Gasteiger partial charge on any atom is -0.507 e. The normalized spacial score (nSPS) is 18.5. The predicted octanol–water partition coefficient (Wildman–Crippen LogP) is 4.64. The van der Waals surface area contributed by atoms with E-state index in [1.807, 2.05) is 4.90 Å². The van der Waals surface area contributed by atoms with E-state index in [1.165, 1.54) is 6.92 Å². The van der Waals surface area contributed by atoms with Crippen LogP contribution in [0.1, 0.15) is 24.8 Å². The molecule has 1 aliphatic heterocycles. The van der Waals surface area contributed by atoms with Gasteiger partial charge in [0.05, 0.1) is 5.02 Å². The van der Waals surface area contributed by atoms with Gasteiger partial charge in [0, 0.05) is 42.6 Å². The first kappa shape index (κ1) is 26.5. The molecule has 196 valence electrons. The number of piperidine rings is 1. The Bertz CT molecular complexity index is 1440. The van der Waals surface area contributed by atoms with E-state index in [0.29, 0.717) is 12.1 Å². The van der Waals surface area contributed by atoms with Crippen molar-refractivity contribution in [3.8, 4) is 22.8 Å². The lowest BCUT2D eigenvalue weighted by Gasteiger charge is -2.36. The number of esters is 2. The van der Waals surface area contributed by atoms with Crippen molar-refractivity contribution in [2.75, 3.05) is 20.1 Å². The van der Waals surface area contributed by atoms with Crippen molar-refractivity contribution in [2.24, 2.45) is 0 Å². The SMILES string of the molecule is CC(=O)O[C@@H]1CN(C)CC[C@@H]1c1c(OC(=O)C(F)(F)F)cc(O)c2c(=O)cc(-c3ccccc3Cl)oc12. The number of likely N-dealkylation sites (N-methyl/N-ethyl adjacent to an activating group) is 1. The van der Waals surface area contributed by atoms with Crippen LogP contribution in [0.4, 0.5) is 13.2 Å². The molecular weight excluding hydrogens is 519 g/mol. The first-order chi connectivity index (χ1) is 17.4. The van der Waals surface area contributed by atoms with Crippen LogP contribution in [-0.4, -0.2) is 54.4 Å². The number of hydrogen-bond acceptors (Lipinski definition) is 8. The number of phenols is 1. The zero-order chi connectivity index (χ0) is 27.1. The second-order valence-electron chi connectivity index (χ2n) is 8.66. The number of fused-ring (bicyclic) bond motifs is 1. The van der Waals surface area contributed by atoms with Gasteiger partial charge in [-0.3, -0.25) is 9.59 Å². The summed E-state index contributed by atoms with van der Waals surface area (Å²) in [4.78, 5) is 38.6. The maximum atomic E-state index is 13.1. The fraction of sp³-hybridized carbons (Fsp3) is 0.320. The molecular formula is C25H21ClF3NO7. The molecule has 0 saturated carbocycles. The van der Waals surface area contributed by atoms with Gasteiger partial charge in [0.15, 0.2) is 5.43 Å². The van der Waals surface area contributed by atoms with Crippen LogP contribution in [0.15, 0.2) is 45.6 Å². The number of aromatic hydroxyl groups is 1. The Labute approximate surface area is 213 Å². The van der Waals surface area contributed by atoms with Gasteiger partial charge >= 0.3 is 18.1 Å². The molecule has 0 bridgehead atoms. The Hall–Kier alpha value is -3.57. The Morgan fingerprint density at radius 1 is 1.22 bits per heavy atom. The van der Waals surface area contributed by atoms with Crippen molar-refractivity contribution >= 4 is 34.5 Å². The summed E-state index contributed by atoms with van der Waals surface area (Å²) in [6, 6.07) is 8.26. The van der Waals surface area contributed by atoms with Gasteiger partial charge in [-0.15, -0.1) is 0 Å². The molecule has 37 heavy (non-hydrogen) atoms. The number of ether oxygens (including phenoxy) is 2. The van der Waals surface area contributed by atoms with Crippen molar-refractivity contribution in [2.45, 2.75) is 31.5 Å². The van der Waals surface area contributed by atoms with Crippen LogP contribution in [0.2, 0.25) is 5.02 Å². The summed E-state index contributed by atoms with van der Waals surface area (Å²) in [5.74, 6) is -5.46. The molecule has 1 aliphatic rings.